The van der Waals surface area contributed by atoms with E-state index in [9.17, 15) is 4.79 Å². The van der Waals surface area contributed by atoms with Crippen molar-refractivity contribution in [3.63, 3.8) is 0 Å². The average Bonchev–Trinajstić information content (AvgIpc) is 2.97. The molecule has 1 amide bonds. The second kappa shape index (κ2) is 12.9. The van der Waals surface area contributed by atoms with Crippen LogP contribution in [0.2, 0.25) is 0 Å². The molecule has 26 heavy (non-hydrogen) atoms. The number of nitrogens with zero attached hydrogens (tertiary/aromatic N) is 1. The van der Waals surface area contributed by atoms with Gasteiger partial charge in [0.15, 0.2) is 0 Å². The number of halogens is 2. The minimum Gasteiger partial charge on any atom is -0.494 e. The number of nitrogens with one attached hydrogen (secondary N) is 2. The molecule has 146 valence electrons. The Bertz CT molecular complexity index is 663. The predicted molar refractivity (Wildman–Crippen MR) is 113 cm³/mol. The van der Waals surface area contributed by atoms with Crippen molar-refractivity contribution in [1.82, 2.24) is 15.6 Å². The van der Waals surface area contributed by atoms with Crippen molar-refractivity contribution in [2.45, 2.75) is 27.2 Å². The molecule has 2 N–H and O–H groups in total. The SMILES string of the molecule is CCCNCCNC(=O)c1sc(-c2ccc(OCC)cc2)nc1C.Cl.Cl. The molecule has 0 radical (unpaired) electrons. The monoisotopic (exact) mass is 419 g/mol. The van der Waals surface area contributed by atoms with Gasteiger partial charge in [0.25, 0.3) is 5.91 Å². The number of rotatable bonds is 9. The number of aromatic nitrogens is 1. The molecule has 0 aliphatic heterocycles. The molecule has 0 bridgehead atoms. The molecule has 5 nitrogen and oxygen atoms in total. The topological polar surface area (TPSA) is 63.2 Å². The lowest BCUT2D eigenvalue weighted by Crippen LogP contribution is -2.32. The molecule has 2 rings (SSSR count). The second-order valence-corrected chi connectivity index (χ2v) is 6.40. The van der Waals surface area contributed by atoms with Gasteiger partial charge >= 0.3 is 0 Å². The van der Waals surface area contributed by atoms with Gasteiger partial charge in [-0.25, -0.2) is 4.98 Å². The minimum atomic E-state index is -0.0551. The number of carbonyl (C=O) groups excluding carboxylic acids is 1. The van der Waals surface area contributed by atoms with Gasteiger partial charge in [-0.3, -0.25) is 4.79 Å². The highest BCUT2D eigenvalue weighted by molar-refractivity contribution is 7.17. The molecule has 0 unspecified atom stereocenters. The number of thiazole rings is 1. The third-order valence-corrected chi connectivity index (χ3v) is 4.63. The van der Waals surface area contributed by atoms with Crippen LogP contribution in [0.15, 0.2) is 24.3 Å². The van der Waals surface area contributed by atoms with E-state index in [2.05, 4.69) is 22.5 Å². The Morgan fingerprint density at radius 1 is 1.12 bits per heavy atom. The van der Waals surface area contributed by atoms with Crippen molar-refractivity contribution in [2.24, 2.45) is 0 Å². The fourth-order valence-electron chi connectivity index (χ4n) is 2.24. The molecule has 0 aliphatic carbocycles. The molecule has 2 aromatic rings. The van der Waals surface area contributed by atoms with E-state index in [1.165, 1.54) is 11.3 Å². The van der Waals surface area contributed by atoms with Crippen molar-refractivity contribution < 1.29 is 9.53 Å². The van der Waals surface area contributed by atoms with E-state index in [0.29, 0.717) is 18.0 Å². The van der Waals surface area contributed by atoms with Gasteiger partial charge in [0.1, 0.15) is 15.6 Å². The van der Waals surface area contributed by atoms with Crippen molar-refractivity contribution in [1.29, 1.82) is 0 Å². The van der Waals surface area contributed by atoms with Gasteiger partial charge < -0.3 is 15.4 Å². The first kappa shape index (κ1) is 24.7. The fraction of sp³-hybridized carbons (Fsp3) is 0.444. The summed E-state index contributed by atoms with van der Waals surface area (Å²) in [6, 6.07) is 7.79. The molecule has 0 atom stereocenters. The molecular formula is C18H27Cl2N3O2S. The summed E-state index contributed by atoms with van der Waals surface area (Å²) in [5, 5.41) is 7.05. The van der Waals surface area contributed by atoms with Gasteiger partial charge in [-0.15, -0.1) is 36.2 Å². The van der Waals surface area contributed by atoms with Gasteiger partial charge in [0.2, 0.25) is 0 Å². The predicted octanol–water partition coefficient (Wildman–Crippen LogP) is 4.09. The summed E-state index contributed by atoms with van der Waals surface area (Å²) < 4.78 is 5.45. The third-order valence-electron chi connectivity index (χ3n) is 3.43. The number of hydrogen-bond acceptors (Lipinski definition) is 5. The Hall–Kier alpha value is -1.34. The van der Waals surface area contributed by atoms with Crippen molar-refractivity contribution in [2.75, 3.05) is 26.2 Å². The maximum absolute atomic E-state index is 12.3. The van der Waals surface area contributed by atoms with Gasteiger partial charge in [-0.05, 0) is 51.1 Å². The van der Waals surface area contributed by atoms with Gasteiger partial charge in [-0.2, -0.15) is 0 Å². The van der Waals surface area contributed by atoms with Crippen LogP contribution in [0.25, 0.3) is 10.6 Å². The quantitative estimate of drug-likeness (QED) is 0.600. The van der Waals surface area contributed by atoms with Crippen LogP contribution in [0.1, 0.15) is 35.6 Å². The van der Waals surface area contributed by atoms with E-state index in [1.807, 2.05) is 38.1 Å². The Kier molecular flexibility index (Phi) is 12.3. The summed E-state index contributed by atoms with van der Waals surface area (Å²) in [5.74, 6) is 0.785. The summed E-state index contributed by atoms with van der Waals surface area (Å²) >= 11 is 1.42. The van der Waals surface area contributed by atoms with Crippen LogP contribution in [0, 0.1) is 6.92 Å². The van der Waals surface area contributed by atoms with E-state index in [4.69, 9.17) is 4.74 Å². The molecule has 8 heteroatoms. The first-order chi connectivity index (χ1) is 11.7. The first-order valence-corrected chi connectivity index (χ1v) is 9.17. The van der Waals surface area contributed by atoms with Crippen LogP contribution in [-0.2, 0) is 0 Å². The van der Waals surface area contributed by atoms with E-state index in [0.717, 1.165) is 41.5 Å². The molecule has 0 aliphatic rings. The minimum absolute atomic E-state index is 0. The smallest absolute Gasteiger partial charge is 0.263 e. The number of hydrogen-bond donors (Lipinski definition) is 2. The summed E-state index contributed by atoms with van der Waals surface area (Å²) in [6.07, 6.45) is 1.09. The molecule has 0 fully saturated rings. The van der Waals surface area contributed by atoms with Gasteiger partial charge in [0.05, 0.1) is 12.3 Å². The number of aryl methyl sites for hydroxylation is 1. The lowest BCUT2D eigenvalue weighted by Gasteiger charge is -2.05. The van der Waals surface area contributed by atoms with Crippen molar-refractivity contribution in [3.8, 4) is 16.3 Å². The Morgan fingerprint density at radius 3 is 2.42 bits per heavy atom. The standard InChI is InChI=1S/C18H25N3O2S.2ClH/c1-4-10-19-11-12-20-17(22)16-13(3)21-18(24-16)14-6-8-15(9-7-14)23-5-2;;/h6-9,19H,4-5,10-12H2,1-3H3,(H,20,22);2*1H. The second-order valence-electron chi connectivity index (χ2n) is 5.40. The zero-order chi connectivity index (χ0) is 17.4. The number of benzene rings is 1. The van der Waals surface area contributed by atoms with Crippen molar-refractivity contribution in [3.05, 3.63) is 34.8 Å². The number of carbonyl (C=O) groups is 1. The third kappa shape index (κ3) is 7.11. The van der Waals surface area contributed by atoms with E-state index >= 15 is 0 Å². The molecule has 0 saturated heterocycles. The van der Waals surface area contributed by atoms with Crippen molar-refractivity contribution >= 4 is 42.1 Å². The van der Waals surface area contributed by atoms with Crippen LogP contribution < -0.4 is 15.4 Å². The highest BCUT2D eigenvalue weighted by atomic mass is 35.5. The fourth-order valence-corrected chi connectivity index (χ4v) is 3.23. The normalized spacial score (nSPS) is 9.81. The summed E-state index contributed by atoms with van der Waals surface area (Å²) in [5.41, 5.74) is 1.76. The van der Waals surface area contributed by atoms with E-state index < -0.39 is 0 Å². The molecule has 0 saturated carbocycles. The lowest BCUT2D eigenvalue weighted by molar-refractivity contribution is 0.0957. The summed E-state index contributed by atoms with van der Waals surface area (Å²) in [6.45, 7) is 8.97. The lowest BCUT2D eigenvalue weighted by atomic mass is 10.2. The van der Waals surface area contributed by atoms with Crippen LogP contribution in [0.5, 0.6) is 5.75 Å². The summed E-state index contributed by atoms with van der Waals surface area (Å²) in [7, 11) is 0. The maximum atomic E-state index is 12.3. The number of amides is 1. The van der Waals surface area contributed by atoms with Gasteiger partial charge in [-0.1, -0.05) is 6.92 Å². The highest BCUT2D eigenvalue weighted by Gasteiger charge is 2.15. The zero-order valence-electron chi connectivity index (χ0n) is 15.3. The Morgan fingerprint density at radius 2 is 1.81 bits per heavy atom. The Labute approximate surface area is 171 Å². The van der Waals surface area contributed by atoms with E-state index in [1.54, 1.807) is 0 Å². The zero-order valence-corrected chi connectivity index (χ0v) is 17.8. The molecular weight excluding hydrogens is 393 g/mol. The van der Waals surface area contributed by atoms with Crippen LogP contribution >= 0.6 is 36.2 Å². The maximum Gasteiger partial charge on any atom is 0.263 e. The molecule has 1 aromatic carbocycles. The van der Waals surface area contributed by atoms with Crippen LogP contribution in [0.3, 0.4) is 0 Å². The van der Waals surface area contributed by atoms with Gasteiger partial charge in [0, 0.05) is 18.7 Å². The highest BCUT2D eigenvalue weighted by Crippen LogP contribution is 2.29. The average molecular weight is 420 g/mol. The molecule has 1 heterocycles. The van der Waals surface area contributed by atoms with Crippen LogP contribution in [-0.4, -0.2) is 37.1 Å². The van der Waals surface area contributed by atoms with E-state index in [-0.39, 0.29) is 30.7 Å². The number of ether oxygens (including phenoxy) is 1. The Balaban J connectivity index is 0.00000312. The molecule has 0 spiro atoms. The van der Waals surface area contributed by atoms with Crippen LogP contribution in [0.4, 0.5) is 0 Å². The molecule has 1 aromatic heterocycles. The first-order valence-electron chi connectivity index (χ1n) is 8.35. The summed E-state index contributed by atoms with van der Waals surface area (Å²) in [4.78, 5) is 17.5. The largest absolute Gasteiger partial charge is 0.494 e.